The number of ether oxygens (including phenoxy) is 1. The van der Waals surface area contributed by atoms with Gasteiger partial charge in [0.25, 0.3) is 0 Å². The number of carbonyl (C=O) groups excluding carboxylic acids is 1. The number of amides is 1. The van der Waals surface area contributed by atoms with E-state index in [4.69, 9.17) is 9.84 Å². The summed E-state index contributed by atoms with van der Waals surface area (Å²) in [5.74, 6) is -0.661. The fourth-order valence-corrected chi connectivity index (χ4v) is 2.18. The van der Waals surface area contributed by atoms with Gasteiger partial charge in [0, 0.05) is 6.54 Å². The highest BCUT2D eigenvalue weighted by Gasteiger charge is 2.36. The number of rotatable bonds is 3. The number of carboxylic acids is 1. The summed E-state index contributed by atoms with van der Waals surface area (Å²) in [5, 5.41) is 12.0. The fraction of sp³-hybridized carbons (Fsp3) is 0.800. The predicted molar refractivity (Wildman–Crippen MR) is 55.1 cm³/mol. The van der Waals surface area contributed by atoms with Crippen molar-refractivity contribution < 1.29 is 19.4 Å². The predicted octanol–water partition coefficient (Wildman–Crippen LogP) is -0.109. The summed E-state index contributed by atoms with van der Waals surface area (Å²) in [7, 11) is 0. The molecule has 6 heteroatoms. The van der Waals surface area contributed by atoms with Crippen molar-refractivity contribution in [3.63, 3.8) is 0 Å². The first-order valence-corrected chi connectivity index (χ1v) is 5.56. The molecule has 90 valence electrons. The van der Waals surface area contributed by atoms with E-state index >= 15 is 0 Å². The largest absolute Gasteiger partial charge is 0.478 e. The first-order chi connectivity index (χ1) is 7.66. The van der Waals surface area contributed by atoms with Crippen LogP contribution in [-0.2, 0) is 9.53 Å². The Kier molecular flexibility index (Phi) is 3.28. The monoisotopic (exact) mass is 228 g/mol. The van der Waals surface area contributed by atoms with Gasteiger partial charge in [-0.2, -0.15) is 0 Å². The third kappa shape index (κ3) is 2.44. The minimum Gasteiger partial charge on any atom is -0.478 e. The van der Waals surface area contributed by atoms with Crippen molar-refractivity contribution in [1.82, 2.24) is 10.2 Å². The van der Waals surface area contributed by atoms with Crippen LogP contribution in [-0.4, -0.2) is 54.4 Å². The summed E-state index contributed by atoms with van der Waals surface area (Å²) < 4.78 is 4.74. The number of cyclic esters (lactones) is 1. The number of aliphatic carboxylic acids is 1. The van der Waals surface area contributed by atoms with Gasteiger partial charge in [0.15, 0.2) is 0 Å². The quantitative estimate of drug-likeness (QED) is 0.704. The second kappa shape index (κ2) is 4.69. The lowest BCUT2D eigenvalue weighted by Crippen LogP contribution is -2.39. The summed E-state index contributed by atoms with van der Waals surface area (Å²) in [5.41, 5.74) is 0. The second-order valence-electron chi connectivity index (χ2n) is 4.33. The average Bonchev–Trinajstić information content (AvgIpc) is 2.62. The molecular formula is C10H16N2O4. The first-order valence-electron chi connectivity index (χ1n) is 5.56. The number of hydrogen-bond acceptors (Lipinski definition) is 4. The van der Waals surface area contributed by atoms with E-state index in [1.165, 1.54) is 4.90 Å². The van der Waals surface area contributed by atoms with Gasteiger partial charge in [0.05, 0.1) is 6.54 Å². The molecule has 0 aromatic heterocycles. The molecule has 2 saturated heterocycles. The highest BCUT2D eigenvalue weighted by molar-refractivity contribution is 5.81. The van der Waals surface area contributed by atoms with Crippen LogP contribution in [0.25, 0.3) is 0 Å². The Morgan fingerprint density at radius 2 is 2.44 bits per heavy atom. The summed E-state index contributed by atoms with van der Waals surface area (Å²) in [6.45, 7) is 2.68. The van der Waals surface area contributed by atoms with E-state index in [1.54, 1.807) is 0 Å². The number of hydrogen-bond donors (Lipinski definition) is 2. The molecule has 0 radical (unpaired) electrons. The number of carbonyl (C=O) groups is 2. The molecule has 0 spiro atoms. The fourth-order valence-electron chi connectivity index (χ4n) is 2.18. The lowest BCUT2D eigenvalue weighted by molar-refractivity contribution is -0.144. The molecule has 6 nitrogen and oxygen atoms in total. The summed E-state index contributed by atoms with van der Waals surface area (Å²) >= 11 is 0. The van der Waals surface area contributed by atoms with Crippen molar-refractivity contribution in [3.8, 4) is 0 Å². The number of nitrogens with zero attached hydrogens (tertiary/aromatic N) is 1. The van der Waals surface area contributed by atoms with Crippen LogP contribution >= 0.6 is 0 Å². The van der Waals surface area contributed by atoms with Crippen LogP contribution in [0, 0.1) is 5.92 Å². The van der Waals surface area contributed by atoms with Crippen molar-refractivity contribution >= 4 is 12.1 Å². The molecule has 0 saturated carbocycles. The van der Waals surface area contributed by atoms with Crippen LogP contribution in [0.4, 0.5) is 4.79 Å². The molecule has 1 amide bonds. The molecule has 2 atom stereocenters. The standard InChI is InChI=1S/C10H16N2O4/c13-9(14)8-6-12(10(15)16-8)5-7-2-1-3-11-4-7/h7-8,11H,1-6H2,(H,13,14)/t7?,8-/m1/s1. The Balaban J connectivity index is 1.85. The van der Waals surface area contributed by atoms with Crippen LogP contribution in [0.15, 0.2) is 0 Å². The molecule has 2 aliphatic rings. The number of piperidine rings is 1. The van der Waals surface area contributed by atoms with Crippen LogP contribution in [0.5, 0.6) is 0 Å². The zero-order valence-electron chi connectivity index (χ0n) is 9.02. The Bertz CT molecular complexity index is 289. The Hall–Kier alpha value is -1.30. The van der Waals surface area contributed by atoms with E-state index in [0.717, 1.165) is 25.9 Å². The Labute approximate surface area is 93.6 Å². The third-order valence-corrected chi connectivity index (χ3v) is 3.04. The highest BCUT2D eigenvalue weighted by atomic mass is 16.6. The Morgan fingerprint density at radius 3 is 3.00 bits per heavy atom. The van der Waals surface area contributed by atoms with Gasteiger partial charge in [-0.15, -0.1) is 0 Å². The molecule has 0 aliphatic carbocycles. The number of nitrogens with one attached hydrogen (secondary N) is 1. The molecule has 16 heavy (non-hydrogen) atoms. The zero-order valence-corrected chi connectivity index (χ0v) is 9.02. The van der Waals surface area contributed by atoms with Gasteiger partial charge in [-0.1, -0.05) is 0 Å². The molecule has 2 fully saturated rings. The lowest BCUT2D eigenvalue weighted by Gasteiger charge is -2.26. The van der Waals surface area contributed by atoms with Crippen LogP contribution in [0.2, 0.25) is 0 Å². The van der Waals surface area contributed by atoms with E-state index < -0.39 is 18.2 Å². The SMILES string of the molecule is O=C(O)[C@H]1CN(CC2CCCNC2)C(=O)O1. The molecular weight excluding hydrogens is 212 g/mol. The molecule has 2 rings (SSSR count). The highest BCUT2D eigenvalue weighted by Crippen LogP contribution is 2.17. The molecule has 0 aromatic carbocycles. The van der Waals surface area contributed by atoms with Gasteiger partial charge >= 0.3 is 12.1 Å². The van der Waals surface area contributed by atoms with Crippen molar-refractivity contribution in [3.05, 3.63) is 0 Å². The van der Waals surface area contributed by atoms with Gasteiger partial charge in [-0.3, -0.25) is 0 Å². The Morgan fingerprint density at radius 1 is 1.62 bits per heavy atom. The first kappa shape index (κ1) is 11.2. The van der Waals surface area contributed by atoms with Crippen molar-refractivity contribution in [1.29, 1.82) is 0 Å². The molecule has 0 aromatic rings. The molecule has 2 aliphatic heterocycles. The molecule has 2 N–H and O–H groups in total. The second-order valence-corrected chi connectivity index (χ2v) is 4.33. The lowest BCUT2D eigenvalue weighted by atomic mass is 9.99. The summed E-state index contributed by atoms with van der Waals surface area (Å²) in [4.78, 5) is 23.5. The zero-order chi connectivity index (χ0) is 11.5. The smallest absolute Gasteiger partial charge is 0.410 e. The van der Waals surface area contributed by atoms with Gasteiger partial charge in [0.1, 0.15) is 0 Å². The van der Waals surface area contributed by atoms with Gasteiger partial charge in [0.2, 0.25) is 6.10 Å². The van der Waals surface area contributed by atoms with Gasteiger partial charge in [-0.25, -0.2) is 9.59 Å². The van der Waals surface area contributed by atoms with E-state index in [1.807, 2.05) is 0 Å². The maximum Gasteiger partial charge on any atom is 0.410 e. The minimum absolute atomic E-state index is 0.171. The van der Waals surface area contributed by atoms with Crippen LogP contribution < -0.4 is 5.32 Å². The van der Waals surface area contributed by atoms with E-state index in [2.05, 4.69) is 5.32 Å². The normalized spacial score (nSPS) is 30.2. The van der Waals surface area contributed by atoms with Crippen molar-refractivity contribution in [2.24, 2.45) is 5.92 Å². The van der Waals surface area contributed by atoms with Crippen molar-refractivity contribution in [2.75, 3.05) is 26.2 Å². The molecule has 1 unspecified atom stereocenters. The van der Waals surface area contributed by atoms with E-state index in [0.29, 0.717) is 12.5 Å². The van der Waals surface area contributed by atoms with Crippen molar-refractivity contribution in [2.45, 2.75) is 18.9 Å². The summed E-state index contributed by atoms with van der Waals surface area (Å²) in [6, 6.07) is 0. The van der Waals surface area contributed by atoms with Gasteiger partial charge in [-0.05, 0) is 31.8 Å². The van der Waals surface area contributed by atoms with E-state index in [-0.39, 0.29) is 6.54 Å². The number of carboxylic acid groups (broad SMARTS) is 1. The van der Waals surface area contributed by atoms with E-state index in [9.17, 15) is 9.59 Å². The van der Waals surface area contributed by atoms with Gasteiger partial charge < -0.3 is 20.1 Å². The maximum atomic E-state index is 11.4. The summed E-state index contributed by atoms with van der Waals surface area (Å²) in [6.07, 6.45) is 0.687. The van der Waals surface area contributed by atoms with Crippen LogP contribution in [0.1, 0.15) is 12.8 Å². The molecule has 2 heterocycles. The minimum atomic E-state index is -1.07. The topological polar surface area (TPSA) is 78.9 Å². The maximum absolute atomic E-state index is 11.4. The third-order valence-electron chi connectivity index (χ3n) is 3.04. The average molecular weight is 228 g/mol. The van der Waals surface area contributed by atoms with Crippen LogP contribution in [0.3, 0.4) is 0 Å². The molecule has 0 bridgehead atoms.